The second kappa shape index (κ2) is 3.01. The van der Waals surface area contributed by atoms with Crippen molar-refractivity contribution in [1.29, 1.82) is 0 Å². The van der Waals surface area contributed by atoms with Crippen molar-refractivity contribution in [3.05, 3.63) is 12.0 Å². The molecule has 1 aromatic rings. The number of anilines is 1. The number of nitrogens with zero attached hydrogens (tertiary/aromatic N) is 3. The van der Waals surface area contributed by atoms with Gasteiger partial charge in [-0.05, 0) is 6.92 Å². The zero-order valence-corrected chi connectivity index (χ0v) is 8.27. The fourth-order valence-corrected chi connectivity index (χ4v) is 1.77. The van der Waals surface area contributed by atoms with Gasteiger partial charge in [-0.15, -0.1) is 0 Å². The normalized spacial score (nSPS) is 16.9. The molecule has 1 atom stereocenters. The SMILES string of the molecule is CC(C(=O)O)n1cnc2c1N(C)CC2. The average molecular weight is 195 g/mol. The van der Waals surface area contributed by atoms with Crippen LogP contribution in [-0.4, -0.2) is 34.2 Å². The summed E-state index contributed by atoms with van der Waals surface area (Å²) in [5.74, 6) is 0.116. The van der Waals surface area contributed by atoms with Gasteiger partial charge < -0.3 is 14.6 Å². The Bertz CT molecular complexity index is 372. The first-order chi connectivity index (χ1) is 6.61. The smallest absolute Gasteiger partial charge is 0.326 e. The van der Waals surface area contributed by atoms with E-state index in [9.17, 15) is 4.79 Å². The van der Waals surface area contributed by atoms with Crippen LogP contribution in [-0.2, 0) is 11.2 Å². The summed E-state index contributed by atoms with van der Waals surface area (Å²) < 4.78 is 1.71. The molecule has 0 saturated heterocycles. The van der Waals surface area contributed by atoms with Crippen molar-refractivity contribution in [1.82, 2.24) is 9.55 Å². The van der Waals surface area contributed by atoms with Crippen molar-refractivity contribution in [2.75, 3.05) is 18.5 Å². The molecule has 1 N–H and O–H groups in total. The van der Waals surface area contributed by atoms with Crippen LogP contribution in [0.2, 0.25) is 0 Å². The van der Waals surface area contributed by atoms with Crippen LogP contribution in [0.25, 0.3) is 0 Å². The van der Waals surface area contributed by atoms with E-state index in [1.54, 1.807) is 17.8 Å². The van der Waals surface area contributed by atoms with E-state index in [2.05, 4.69) is 4.98 Å². The summed E-state index contributed by atoms with van der Waals surface area (Å²) in [7, 11) is 1.96. The third kappa shape index (κ3) is 1.16. The minimum absolute atomic E-state index is 0.549. The third-order valence-corrected chi connectivity index (χ3v) is 2.66. The van der Waals surface area contributed by atoms with Crippen molar-refractivity contribution in [3.63, 3.8) is 0 Å². The number of likely N-dealkylation sites (N-methyl/N-ethyl adjacent to an activating group) is 1. The molecule has 0 saturated carbocycles. The van der Waals surface area contributed by atoms with Crippen LogP contribution in [0.4, 0.5) is 5.82 Å². The number of carboxylic acid groups (broad SMARTS) is 1. The Morgan fingerprint density at radius 1 is 1.71 bits per heavy atom. The molecule has 2 heterocycles. The number of hydrogen-bond acceptors (Lipinski definition) is 3. The highest BCUT2D eigenvalue weighted by Crippen LogP contribution is 2.28. The number of rotatable bonds is 2. The van der Waals surface area contributed by atoms with Gasteiger partial charge in [-0.3, -0.25) is 0 Å². The van der Waals surface area contributed by atoms with Gasteiger partial charge in [-0.1, -0.05) is 0 Å². The molecular weight excluding hydrogens is 182 g/mol. The summed E-state index contributed by atoms with van der Waals surface area (Å²) in [6.45, 7) is 2.58. The predicted octanol–water partition coefficient (Wildman–Crippen LogP) is 0.521. The van der Waals surface area contributed by atoms with Crippen LogP contribution in [0.3, 0.4) is 0 Å². The quantitative estimate of drug-likeness (QED) is 0.747. The highest BCUT2D eigenvalue weighted by Gasteiger charge is 2.26. The molecule has 1 aliphatic heterocycles. The van der Waals surface area contributed by atoms with Gasteiger partial charge in [0, 0.05) is 20.0 Å². The molecule has 0 fully saturated rings. The van der Waals surface area contributed by atoms with Gasteiger partial charge in [-0.25, -0.2) is 9.78 Å². The number of aliphatic carboxylic acids is 1. The van der Waals surface area contributed by atoms with Crippen LogP contribution >= 0.6 is 0 Å². The zero-order valence-electron chi connectivity index (χ0n) is 8.27. The van der Waals surface area contributed by atoms with Crippen molar-refractivity contribution in [2.24, 2.45) is 0 Å². The molecular formula is C9H13N3O2. The second-order valence-electron chi connectivity index (χ2n) is 3.61. The molecule has 0 aliphatic carbocycles. The molecule has 0 spiro atoms. The second-order valence-corrected chi connectivity index (χ2v) is 3.61. The first-order valence-corrected chi connectivity index (χ1v) is 4.61. The standard InChI is InChI=1S/C9H13N3O2/c1-6(9(13)14)12-5-10-7-3-4-11(2)8(7)12/h5-6H,3-4H2,1-2H3,(H,13,14). The fraction of sp³-hybridized carbons (Fsp3) is 0.556. The van der Waals surface area contributed by atoms with E-state index in [0.717, 1.165) is 24.5 Å². The molecule has 1 aromatic heterocycles. The van der Waals surface area contributed by atoms with Crippen LogP contribution in [0.15, 0.2) is 6.33 Å². The lowest BCUT2D eigenvalue weighted by molar-refractivity contribution is -0.140. The highest BCUT2D eigenvalue weighted by atomic mass is 16.4. The molecule has 0 aromatic carbocycles. The van der Waals surface area contributed by atoms with Crippen LogP contribution < -0.4 is 4.90 Å². The lowest BCUT2D eigenvalue weighted by Gasteiger charge is -2.17. The van der Waals surface area contributed by atoms with Crippen LogP contribution in [0.5, 0.6) is 0 Å². The number of aromatic nitrogens is 2. The van der Waals surface area contributed by atoms with E-state index >= 15 is 0 Å². The van der Waals surface area contributed by atoms with Crippen molar-refractivity contribution in [3.8, 4) is 0 Å². The van der Waals surface area contributed by atoms with E-state index in [1.807, 2.05) is 11.9 Å². The molecule has 0 radical (unpaired) electrons. The lowest BCUT2D eigenvalue weighted by Crippen LogP contribution is -2.22. The maximum atomic E-state index is 10.8. The van der Waals surface area contributed by atoms with Gasteiger partial charge in [-0.2, -0.15) is 0 Å². The number of fused-ring (bicyclic) bond motifs is 1. The van der Waals surface area contributed by atoms with Crippen molar-refractivity contribution in [2.45, 2.75) is 19.4 Å². The lowest BCUT2D eigenvalue weighted by atomic mass is 10.3. The topological polar surface area (TPSA) is 58.4 Å². The Kier molecular flexibility index (Phi) is 1.94. The van der Waals surface area contributed by atoms with Crippen molar-refractivity contribution >= 4 is 11.8 Å². The van der Waals surface area contributed by atoms with Gasteiger partial charge >= 0.3 is 5.97 Å². The number of carboxylic acids is 1. The molecule has 76 valence electrons. The van der Waals surface area contributed by atoms with Crippen molar-refractivity contribution < 1.29 is 9.90 Å². The van der Waals surface area contributed by atoms with Gasteiger partial charge in [0.25, 0.3) is 0 Å². The van der Waals surface area contributed by atoms with Gasteiger partial charge in [0.15, 0.2) is 0 Å². The molecule has 0 bridgehead atoms. The Morgan fingerprint density at radius 3 is 3.07 bits per heavy atom. The Morgan fingerprint density at radius 2 is 2.43 bits per heavy atom. The molecule has 5 nitrogen and oxygen atoms in total. The summed E-state index contributed by atoms with van der Waals surface area (Å²) in [6.07, 6.45) is 2.52. The summed E-state index contributed by atoms with van der Waals surface area (Å²) in [6, 6.07) is -0.549. The Balaban J connectivity index is 2.41. The van der Waals surface area contributed by atoms with Gasteiger partial charge in [0.05, 0.1) is 12.0 Å². The summed E-state index contributed by atoms with van der Waals surface area (Å²) >= 11 is 0. The maximum absolute atomic E-state index is 10.8. The molecule has 5 heteroatoms. The van der Waals surface area contributed by atoms with Crippen LogP contribution in [0, 0.1) is 0 Å². The predicted molar refractivity (Wildman–Crippen MR) is 51.5 cm³/mol. The molecule has 2 rings (SSSR count). The number of carbonyl (C=O) groups is 1. The summed E-state index contributed by atoms with van der Waals surface area (Å²) in [4.78, 5) is 17.1. The molecule has 1 aliphatic rings. The van der Waals surface area contributed by atoms with Gasteiger partial charge in [0.2, 0.25) is 0 Å². The van der Waals surface area contributed by atoms with E-state index in [4.69, 9.17) is 5.11 Å². The van der Waals surface area contributed by atoms with E-state index in [1.165, 1.54) is 0 Å². The minimum Gasteiger partial charge on any atom is -0.480 e. The fourth-order valence-electron chi connectivity index (χ4n) is 1.77. The molecule has 14 heavy (non-hydrogen) atoms. The third-order valence-electron chi connectivity index (χ3n) is 2.66. The largest absolute Gasteiger partial charge is 0.480 e. The number of hydrogen-bond donors (Lipinski definition) is 1. The van der Waals surface area contributed by atoms with E-state index < -0.39 is 12.0 Å². The summed E-state index contributed by atoms with van der Waals surface area (Å²) in [5, 5.41) is 8.90. The van der Waals surface area contributed by atoms with E-state index in [0.29, 0.717) is 0 Å². The average Bonchev–Trinajstić information content (AvgIpc) is 2.68. The zero-order chi connectivity index (χ0) is 10.3. The molecule has 0 amide bonds. The Labute approximate surface area is 82.0 Å². The first kappa shape index (κ1) is 9.05. The van der Waals surface area contributed by atoms with E-state index in [-0.39, 0.29) is 0 Å². The monoisotopic (exact) mass is 195 g/mol. The first-order valence-electron chi connectivity index (χ1n) is 4.61. The van der Waals surface area contributed by atoms with Gasteiger partial charge in [0.1, 0.15) is 11.9 Å². The van der Waals surface area contributed by atoms with Crippen LogP contribution in [0.1, 0.15) is 18.7 Å². The number of imidazole rings is 1. The minimum atomic E-state index is -0.828. The Hall–Kier alpha value is -1.52. The highest BCUT2D eigenvalue weighted by molar-refractivity contribution is 5.72. The maximum Gasteiger partial charge on any atom is 0.326 e. The summed E-state index contributed by atoms with van der Waals surface area (Å²) in [5.41, 5.74) is 1.00. The molecule has 1 unspecified atom stereocenters.